The molecule has 0 spiro atoms. The van der Waals surface area contributed by atoms with Crippen molar-refractivity contribution in [3.8, 4) is 5.75 Å². The lowest BCUT2D eigenvalue weighted by Gasteiger charge is -2.17. The molecule has 1 heterocycles. The molecule has 0 aliphatic heterocycles. The van der Waals surface area contributed by atoms with Crippen LogP contribution in [0.5, 0.6) is 5.75 Å². The third-order valence-electron chi connectivity index (χ3n) is 4.62. The number of aromatic nitrogens is 2. The van der Waals surface area contributed by atoms with Crippen LogP contribution < -0.4 is 20.5 Å². The number of hydrogen-bond acceptors (Lipinski definition) is 8. The summed E-state index contributed by atoms with van der Waals surface area (Å²) >= 11 is 0. The predicted octanol–water partition coefficient (Wildman–Crippen LogP) is 0.335. The molecule has 5 N–H and O–H groups in total. The first-order valence-corrected chi connectivity index (χ1v) is 12.4. The minimum Gasteiger partial charge on any atom is -0.457 e. The zero-order chi connectivity index (χ0) is 24.7. The topological polar surface area (TPSA) is 186 Å². The number of nitrogens with zero attached hydrogens (tertiary/aromatic N) is 2. The molecular formula is C20H24Cl2N6O6S2. The van der Waals surface area contributed by atoms with Gasteiger partial charge in [0.05, 0.1) is 22.0 Å². The molecule has 0 saturated carbocycles. The number of aliphatic imine (C=N–C) groups is 1. The monoisotopic (exact) mass is 578 g/mol. The number of carbonyl (C=O) groups is 1. The zero-order valence-corrected chi connectivity index (χ0v) is 22.0. The first-order chi connectivity index (χ1) is 16.2. The van der Waals surface area contributed by atoms with Crippen LogP contribution in [0.25, 0.3) is 0 Å². The van der Waals surface area contributed by atoms with E-state index in [2.05, 4.69) is 25.0 Å². The van der Waals surface area contributed by atoms with Gasteiger partial charge in [-0.25, -0.2) is 18.1 Å². The summed E-state index contributed by atoms with van der Waals surface area (Å²) in [5.41, 5.74) is 6.27. The van der Waals surface area contributed by atoms with Gasteiger partial charge in [-0.3, -0.25) is 15.1 Å². The molecule has 1 atom stereocenters. The molecule has 1 unspecified atom stereocenters. The van der Waals surface area contributed by atoms with E-state index in [0.29, 0.717) is 6.42 Å². The Balaban J connectivity index is 0.00000324. The van der Waals surface area contributed by atoms with Crippen LogP contribution in [-0.2, 0) is 31.5 Å². The van der Waals surface area contributed by atoms with E-state index in [1.165, 1.54) is 55.9 Å². The van der Waals surface area contributed by atoms with Gasteiger partial charge in [0.15, 0.2) is 5.96 Å². The van der Waals surface area contributed by atoms with Gasteiger partial charge in [-0.2, -0.15) is 8.42 Å². The fraction of sp³-hybridized carbons (Fsp3) is 0.200. The summed E-state index contributed by atoms with van der Waals surface area (Å²) in [6.45, 7) is 0.190. The number of benzene rings is 1. The molecule has 1 aliphatic carbocycles. The summed E-state index contributed by atoms with van der Waals surface area (Å²) in [6, 6.07) is 5.59. The van der Waals surface area contributed by atoms with Crippen LogP contribution in [0.1, 0.15) is 5.69 Å². The van der Waals surface area contributed by atoms with Crippen molar-refractivity contribution in [2.24, 2.45) is 16.6 Å². The summed E-state index contributed by atoms with van der Waals surface area (Å²) in [7, 11) is -5.06. The highest BCUT2D eigenvalue weighted by molar-refractivity contribution is 7.89. The molecule has 196 valence electrons. The number of halogens is 2. The Kier molecular flexibility index (Phi) is 11.8. The second kappa shape index (κ2) is 13.8. The maximum Gasteiger partial charge on any atom is 0.240 e. The van der Waals surface area contributed by atoms with E-state index in [1.807, 2.05) is 0 Å². The Morgan fingerprint density at radius 1 is 1.25 bits per heavy atom. The normalized spacial score (nSPS) is 15.2. The fourth-order valence-corrected chi connectivity index (χ4v) is 4.54. The smallest absolute Gasteiger partial charge is 0.240 e. The SMILES string of the molecule is CN=C(N)NC(=O)C1C=CC(Oc2ccc(S(=O)(=O)NCCc3cnc[nH]3)cc2)=CC1=S(=O)=O.Cl.Cl. The second-order valence-electron chi connectivity index (χ2n) is 6.92. The number of allylic oxidation sites excluding steroid dienone is 2. The first kappa shape index (κ1) is 30.9. The number of imidazole rings is 1. The number of aromatic amines is 1. The van der Waals surface area contributed by atoms with Crippen molar-refractivity contribution < 1.29 is 26.4 Å². The summed E-state index contributed by atoms with van der Waals surface area (Å²) in [6.07, 6.45) is 7.57. The molecule has 1 aromatic carbocycles. The van der Waals surface area contributed by atoms with E-state index in [-0.39, 0.29) is 58.6 Å². The van der Waals surface area contributed by atoms with Crippen LogP contribution in [0.4, 0.5) is 0 Å². The largest absolute Gasteiger partial charge is 0.457 e. The number of nitrogens with one attached hydrogen (secondary N) is 3. The van der Waals surface area contributed by atoms with Crippen LogP contribution >= 0.6 is 24.8 Å². The number of amides is 1. The molecule has 2 aromatic rings. The van der Waals surface area contributed by atoms with Crippen molar-refractivity contribution >= 4 is 61.9 Å². The average Bonchev–Trinajstić information content (AvgIpc) is 3.32. The molecule has 0 fully saturated rings. The summed E-state index contributed by atoms with van der Waals surface area (Å²) in [5.74, 6) is -1.50. The standard InChI is InChI=1S/C20H22N6O6S2.2ClH/c1-22-20(21)26-19(27)17-7-4-15(10-18(17)33(28)29)32-14-2-5-16(6-3-14)34(30,31)25-9-8-13-11-23-12-24-13;;/h2-7,10-12,17,25H,8-9H2,1H3,(H,23,24)(H3,21,22,26,27);2*1H. The van der Waals surface area contributed by atoms with Gasteiger partial charge in [0.2, 0.25) is 26.2 Å². The van der Waals surface area contributed by atoms with Crippen LogP contribution in [0.2, 0.25) is 0 Å². The number of ether oxygens (including phenoxy) is 1. The lowest BCUT2D eigenvalue weighted by molar-refractivity contribution is -0.120. The van der Waals surface area contributed by atoms with Crippen molar-refractivity contribution in [1.82, 2.24) is 20.0 Å². The van der Waals surface area contributed by atoms with Crippen molar-refractivity contribution in [1.29, 1.82) is 0 Å². The van der Waals surface area contributed by atoms with Crippen LogP contribution in [0.15, 0.2) is 70.7 Å². The van der Waals surface area contributed by atoms with E-state index in [1.54, 1.807) is 6.20 Å². The maximum atomic E-state index is 12.5. The Labute approximate surface area is 221 Å². The molecule has 16 heteroatoms. The quantitative estimate of drug-likeness (QED) is 0.196. The van der Waals surface area contributed by atoms with Gasteiger partial charge in [-0.1, -0.05) is 6.08 Å². The average molecular weight is 579 g/mol. The van der Waals surface area contributed by atoms with Crippen molar-refractivity contribution in [2.45, 2.75) is 11.3 Å². The molecule has 3 rings (SSSR count). The zero-order valence-electron chi connectivity index (χ0n) is 18.7. The first-order valence-electron chi connectivity index (χ1n) is 9.83. The van der Waals surface area contributed by atoms with Gasteiger partial charge in [0.1, 0.15) is 11.5 Å². The predicted molar refractivity (Wildman–Crippen MR) is 139 cm³/mol. The minimum absolute atomic E-state index is 0. The number of hydrogen-bond donors (Lipinski definition) is 4. The van der Waals surface area contributed by atoms with Gasteiger partial charge in [0.25, 0.3) is 0 Å². The molecule has 12 nitrogen and oxygen atoms in total. The molecule has 0 radical (unpaired) electrons. The number of H-pyrrole nitrogens is 1. The highest BCUT2D eigenvalue weighted by Gasteiger charge is 2.26. The highest BCUT2D eigenvalue weighted by Crippen LogP contribution is 2.21. The molecule has 0 bridgehead atoms. The lowest BCUT2D eigenvalue weighted by atomic mass is 9.99. The minimum atomic E-state index is -3.73. The van der Waals surface area contributed by atoms with Crippen molar-refractivity contribution in [3.05, 3.63) is 66.5 Å². The Hall–Kier alpha value is -3.17. The number of sulfonamides is 1. The summed E-state index contributed by atoms with van der Waals surface area (Å²) in [5, 5.41) is 2.30. The summed E-state index contributed by atoms with van der Waals surface area (Å²) in [4.78, 5) is 22.4. The molecular weight excluding hydrogens is 555 g/mol. The Morgan fingerprint density at radius 2 is 1.94 bits per heavy atom. The van der Waals surface area contributed by atoms with Crippen molar-refractivity contribution in [2.75, 3.05) is 13.6 Å². The Morgan fingerprint density at radius 3 is 2.53 bits per heavy atom. The molecule has 0 saturated heterocycles. The number of guanidine groups is 1. The maximum absolute atomic E-state index is 12.5. The third kappa shape index (κ3) is 8.20. The van der Waals surface area contributed by atoms with Crippen LogP contribution in [0.3, 0.4) is 0 Å². The van der Waals surface area contributed by atoms with Gasteiger partial charge >= 0.3 is 0 Å². The fourth-order valence-electron chi connectivity index (χ4n) is 2.90. The molecule has 1 aliphatic rings. The van der Waals surface area contributed by atoms with Crippen LogP contribution in [-0.4, -0.2) is 57.1 Å². The van der Waals surface area contributed by atoms with Gasteiger partial charge < -0.3 is 15.5 Å². The van der Waals surface area contributed by atoms with Gasteiger partial charge in [-0.15, -0.1) is 24.8 Å². The number of nitrogens with two attached hydrogens (primary N) is 1. The second-order valence-corrected chi connectivity index (χ2v) is 9.62. The van der Waals surface area contributed by atoms with Crippen molar-refractivity contribution in [3.63, 3.8) is 0 Å². The van der Waals surface area contributed by atoms with E-state index < -0.39 is 32.1 Å². The summed E-state index contributed by atoms with van der Waals surface area (Å²) < 4.78 is 56.3. The molecule has 36 heavy (non-hydrogen) atoms. The Bertz CT molecular complexity index is 1380. The molecule has 1 aromatic heterocycles. The van der Waals surface area contributed by atoms with E-state index in [9.17, 15) is 21.6 Å². The lowest BCUT2D eigenvalue weighted by Crippen LogP contribution is -2.42. The van der Waals surface area contributed by atoms with Gasteiger partial charge in [-0.05, 0) is 30.3 Å². The van der Waals surface area contributed by atoms with E-state index in [4.69, 9.17) is 10.5 Å². The number of rotatable bonds is 8. The van der Waals surface area contributed by atoms with E-state index in [0.717, 1.165) is 5.69 Å². The highest BCUT2D eigenvalue weighted by atomic mass is 35.5. The van der Waals surface area contributed by atoms with Gasteiger partial charge in [0, 0.05) is 38.0 Å². The third-order valence-corrected chi connectivity index (χ3v) is 6.86. The van der Waals surface area contributed by atoms with Crippen LogP contribution in [0, 0.1) is 5.92 Å². The van der Waals surface area contributed by atoms with E-state index >= 15 is 0 Å². The molecule has 1 amide bonds. The number of carbonyl (C=O) groups excluding carboxylic acids is 1.